The Balaban J connectivity index is 1.68. The van der Waals surface area contributed by atoms with Gasteiger partial charge in [0.05, 0.1) is 0 Å². The summed E-state index contributed by atoms with van der Waals surface area (Å²) in [6.45, 7) is 11.4. The van der Waals surface area contributed by atoms with Crippen LogP contribution in [0, 0.1) is 6.92 Å². The zero-order valence-corrected chi connectivity index (χ0v) is 16.6. The Bertz CT molecular complexity index is 680. The van der Waals surface area contributed by atoms with E-state index in [1.54, 1.807) is 0 Å². The fourth-order valence-electron chi connectivity index (χ4n) is 2.70. The molecular weight excluding hydrogens is 338 g/mol. The van der Waals surface area contributed by atoms with Crippen molar-refractivity contribution in [3.8, 4) is 5.75 Å². The third-order valence-corrected chi connectivity index (χ3v) is 4.46. The van der Waals surface area contributed by atoms with E-state index in [1.165, 1.54) is 5.56 Å². The third kappa shape index (κ3) is 7.81. The summed E-state index contributed by atoms with van der Waals surface area (Å²) in [6, 6.07) is 15.6. The highest BCUT2D eigenvalue weighted by atomic mass is 16.5. The molecule has 0 unspecified atom stereocenters. The van der Waals surface area contributed by atoms with Crippen molar-refractivity contribution in [1.82, 2.24) is 10.2 Å². The molecular formula is C22H31N3O2. The molecule has 27 heavy (non-hydrogen) atoms. The number of aryl methyl sites for hydroxylation is 1. The Labute approximate surface area is 162 Å². The van der Waals surface area contributed by atoms with Gasteiger partial charge in [-0.2, -0.15) is 0 Å². The second-order valence-electron chi connectivity index (χ2n) is 6.55. The Morgan fingerprint density at radius 3 is 2.30 bits per heavy atom. The van der Waals surface area contributed by atoms with Gasteiger partial charge in [-0.15, -0.1) is 0 Å². The molecule has 2 aromatic carbocycles. The van der Waals surface area contributed by atoms with Gasteiger partial charge >= 0.3 is 0 Å². The number of carbonyl (C=O) groups excluding carboxylic acids is 1. The first-order valence-corrected chi connectivity index (χ1v) is 9.62. The highest BCUT2D eigenvalue weighted by molar-refractivity contribution is 5.91. The van der Waals surface area contributed by atoms with Gasteiger partial charge in [0.2, 0.25) is 0 Å². The summed E-state index contributed by atoms with van der Waals surface area (Å²) in [5.41, 5.74) is 3.14. The smallest absolute Gasteiger partial charge is 0.262 e. The third-order valence-electron chi connectivity index (χ3n) is 4.46. The van der Waals surface area contributed by atoms with Gasteiger partial charge in [-0.1, -0.05) is 43.7 Å². The number of ether oxygens (including phenoxy) is 1. The van der Waals surface area contributed by atoms with Gasteiger partial charge < -0.3 is 20.3 Å². The van der Waals surface area contributed by atoms with Gasteiger partial charge in [0.15, 0.2) is 6.61 Å². The maximum atomic E-state index is 12.0. The van der Waals surface area contributed by atoms with Gasteiger partial charge in [0.25, 0.3) is 5.91 Å². The lowest BCUT2D eigenvalue weighted by molar-refractivity contribution is -0.118. The zero-order chi connectivity index (χ0) is 19.5. The molecule has 5 nitrogen and oxygen atoms in total. The van der Waals surface area contributed by atoms with Crippen molar-refractivity contribution in [2.24, 2.45) is 0 Å². The summed E-state index contributed by atoms with van der Waals surface area (Å²) in [4.78, 5) is 14.4. The molecule has 0 saturated heterocycles. The van der Waals surface area contributed by atoms with Gasteiger partial charge in [-0.25, -0.2) is 0 Å². The predicted molar refractivity (Wildman–Crippen MR) is 111 cm³/mol. The maximum absolute atomic E-state index is 12.0. The zero-order valence-electron chi connectivity index (χ0n) is 16.6. The Morgan fingerprint density at radius 1 is 1.00 bits per heavy atom. The van der Waals surface area contributed by atoms with Gasteiger partial charge in [0.1, 0.15) is 5.75 Å². The van der Waals surface area contributed by atoms with Crippen LogP contribution in [0.3, 0.4) is 0 Å². The van der Waals surface area contributed by atoms with E-state index in [1.807, 2.05) is 55.5 Å². The van der Waals surface area contributed by atoms with Gasteiger partial charge in [-0.05, 0) is 49.8 Å². The van der Waals surface area contributed by atoms with E-state index < -0.39 is 0 Å². The van der Waals surface area contributed by atoms with Crippen molar-refractivity contribution in [2.45, 2.75) is 27.3 Å². The number of likely N-dealkylation sites (N-methyl/N-ethyl adjacent to an activating group) is 1. The van der Waals surface area contributed by atoms with Crippen molar-refractivity contribution in [3.05, 3.63) is 59.7 Å². The highest BCUT2D eigenvalue weighted by Crippen LogP contribution is 2.13. The second-order valence-corrected chi connectivity index (χ2v) is 6.55. The van der Waals surface area contributed by atoms with E-state index in [0.29, 0.717) is 5.75 Å². The van der Waals surface area contributed by atoms with Crippen LogP contribution in [0.5, 0.6) is 5.75 Å². The van der Waals surface area contributed by atoms with E-state index in [9.17, 15) is 4.79 Å². The molecule has 0 aliphatic rings. The number of rotatable bonds is 11. The van der Waals surface area contributed by atoms with Crippen molar-refractivity contribution in [2.75, 3.05) is 38.1 Å². The molecule has 0 radical (unpaired) electrons. The number of nitrogens with one attached hydrogen (secondary N) is 2. The fraction of sp³-hybridized carbons (Fsp3) is 0.409. The number of nitrogens with zero attached hydrogens (tertiary/aromatic N) is 1. The Kier molecular flexibility index (Phi) is 8.81. The minimum Gasteiger partial charge on any atom is -0.484 e. The minimum absolute atomic E-state index is 0.00462. The SMILES string of the molecule is CCN(CC)CCNCc1ccc(OCC(=O)Nc2ccc(C)cc2)cc1. The Morgan fingerprint density at radius 2 is 1.67 bits per heavy atom. The summed E-state index contributed by atoms with van der Waals surface area (Å²) in [5, 5.41) is 6.28. The lowest BCUT2D eigenvalue weighted by Gasteiger charge is -2.18. The first kappa shape index (κ1) is 20.9. The van der Waals surface area contributed by atoms with Crippen LogP contribution < -0.4 is 15.4 Å². The topological polar surface area (TPSA) is 53.6 Å². The van der Waals surface area contributed by atoms with E-state index in [2.05, 4.69) is 29.4 Å². The summed E-state index contributed by atoms with van der Waals surface area (Å²) in [6.07, 6.45) is 0. The number of carbonyl (C=O) groups is 1. The van der Waals surface area contributed by atoms with Gasteiger partial charge in [0, 0.05) is 25.3 Å². The normalized spacial score (nSPS) is 10.8. The molecule has 5 heteroatoms. The van der Waals surface area contributed by atoms with E-state index in [-0.39, 0.29) is 12.5 Å². The predicted octanol–water partition coefficient (Wildman–Crippen LogP) is 3.44. The van der Waals surface area contributed by atoms with E-state index in [0.717, 1.165) is 44.0 Å². The van der Waals surface area contributed by atoms with Crippen LogP contribution in [-0.4, -0.2) is 43.6 Å². The molecule has 0 atom stereocenters. The summed E-state index contributed by atoms with van der Waals surface area (Å²) in [7, 11) is 0. The molecule has 0 saturated carbocycles. The standard InChI is InChI=1S/C22H31N3O2/c1-4-25(5-2)15-14-23-16-19-8-12-21(13-9-19)27-17-22(26)24-20-10-6-18(3)7-11-20/h6-13,23H,4-5,14-17H2,1-3H3,(H,24,26). The van der Waals surface area contributed by atoms with Crippen molar-refractivity contribution in [3.63, 3.8) is 0 Å². The monoisotopic (exact) mass is 369 g/mol. The molecule has 0 fully saturated rings. The summed E-state index contributed by atoms with van der Waals surface area (Å²) < 4.78 is 5.57. The van der Waals surface area contributed by atoms with Crippen LogP contribution in [0.1, 0.15) is 25.0 Å². The second kappa shape index (κ2) is 11.4. The number of benzene rings is 2. The fourth-order valence-corrected chi connectivity index (χ4v) is 2.70. The van der Waals surface area contributed by atoms with Crippen LogP contribution in [0.25, 0.3) is 0 Å². The quantitative estimate of drug-likeness (QED) is 0.596. The van der Waals surface area contributed by atoms with E-state index >= 15 is 0 Å². The van der Waals surface area contributed by atoms with Crippen molar-refractivity contribution >= 4 is 11.6 Å². The van der Waals surface area contributed by atoms with Crippen LogP contribution in [0.2, 0.25) is 0 Å². The van der Waals surface area contributed by atoms with Crippen LogP contribution >= 0.6 is 0 Å². The lowest BCUT2D eigenvalue weighted by Crippen LogP contribution is -2.31. The molecule has 0 heterocycles. The van der Waals surface area contributed by atoms with Crippen molar-refractivity contribution < 1.29 is 9.53 Å². The molecule has 2 N–H and O–H groups in total. The molecule has 0 bridgehead atoms. The largest absolute Gasteiger partial charge is 0.484 e. The molecule has 0 aliphatic heterocycles. The molecule has 0 spiro atoms. The lowest BCUT2D eigenvalue weighted by atomic mass is 10.2. The molecule has 0 aromatic heterocycles. The van der Waals surface area contributed by atoms with Crippen LogP contribution in [-0.2, 0) is 11.3 Å². The van der Waals surface area contributed by atoms with Crippen LogP contribution in [0.4, 0.5) is 5.69 Å². The van der Waals surface area contributed by atoms with Gasteiger partial charge in [-0.3, -0.25) is 4.79 Å². The summed E-state index contributed by atoms with van der Waals surface area (Å²) in [5.74, 6) is 0.530. The molecule has 1 amide bonds. The average molecular weight is 370 g/mol. The first-order chi connectivity index (χ1) is 13.1. The number of amides is 1. The highest BCUT2D eigenvalue weighted by Gasteiger charge is 2.04. The molecule has 2 rings (SSSR count). The Hall–Kier alpha value is -2.37. The summed E-state index contributed by atoms with van der Waals surface area (Å²) >= 11 is 0. The maximum Gasteiger partial charge on any atom is 0.262 e. The number of anilines is 1. The van der Waals surface area contributed by atoms with Crippen LogP contribution in [0.15, 0.2) is 48.5 Å². The molecule has 0 aliphatic carbocycles. The minimum atomic E-state index is -0.166. The number of hydrogen-bond acceptors (Lipinski definition) is 4. The van der Waals surface area contributed by atoms with Crippen molar-refractivity contribution in [1.29, 1.82) is 0 Å². The molecule has 146 valence electrons. The molecule has 2 aromatic rings. The average Bonchev–Trinajstić information content (AvgIpc) is 2.69. The van der Waals surface area contributed by atoms with E-state index in [4.69, 9.17) is 4.74 Å². The number of hydrogen-bond donors (Lipinski definition) is 2. The first-order valence-electron chi connectivity index (χ1n) is 9.62.